The maximum Gasteiger partial charge on any atom is 0.276 e. The van der Waals surface area contributed by atoms with Crippen molar-refractivity contribution in [1.29, 1.82) is 5.26 Å². The Kier molecular flexibility index (Phi) is 2.43. The molecule has 1 amide bonds. The topological polar surface area (TPSA) is 70.1 Å². The summed E-state index contributed by atoms with van der Waals surface area (Å²) >= 11 is 0. The zero-order valence-electron chi connectivity index (χ0n) is 6.52. The molecule has 12 heavy (non-hydrogen) atoms. The van der Waals surface area contributed by atoms with Gasteiger partial charge in [-0.3, -0.25) is 4.79 Å². The van der Waals surface area contributed by atoms with Crippen LogP contribution in [0.3, 0.4) is 0 Å². The molecule has 1 rings (SSSR count). The second kappa shape index (κ2) is 3.53. The number of amides is 1. The minimum atomic E-state index is -0.315. The van der Waals surface area contributed by atoms with Gasteiger partial charge in [0.1, 0.15) is 12.8 Å². The maximum absolute atomic E-state index is 11.2. The highest BCUT2D eigenvalue weighted by Crippen LogP contribution is 1.98. The fourth-order valence-electron chi connectivity index (χ4n) is 0.696. The molecule has 0 aliphatic carbocycles. The van der Waals surface area contributed by atoms with Gasteiger partial charge in [-0.05, 0) is 0 Å². The molecule has 0 unspecified atom stereocenters. The van der Waals surface area contributed by atoms with E-state index in [1.54, 1.807) is 0 Å². The summed E-state index contributed by atoms with van der Waals surface area (Å²) in [5, 5.41) is 11.7. The second-order valence-corrected chi connectivity index (χ2v) is 2.20. The molecule has 1 aromatic heterocycles. The molecule has 1 aromatic rings. The van der Waals surface area contributed by atoms with Crippen LogP contribution in [0.5, 0.6) is 0 Å². The Balaban J connectivity index is 2.67. The van der Waals surface area contributed by atoms with Crippen molar-refractivity contribution in [2.45, 2.75) is 0 Å². The molecule has 0 bridgehead atoms. The van der Waals surface area contributed by atoms with E-state index in [4.69, 9.17) is 5.26 Å². The monoisotopic (exact) mass is 165 g/mol. The van der Waals surface area contributed by atoms with Crippen LogP contribution in [0, 0.1) is 11.3 Å². The number of nitriles is 1. The molecule has 0 aromatic carbocycles. The second-order valence-electron chi connectivity index (χ2n) is 2.20. The fourth-order valence-corrected chi connectivity index (χ4v) is 0.696. The number of carbonyl (C=O) groups excluding carboxylic acids is 1. The smallest absolute Gasteiger partial charge is 0.276 e. The van der Waals surface area contributed by atoms with E-state index < -0.39 is 0 Å². The molecule has 0 atom stereocenters. The molecule has 0 saturated heterocycles. The normalized spacial score (nSPS) is 9.00. The Morgan fingerprint density at radius 3 is 3.17 bits per heavy atom. The van der Waals surface area contributed by atoms with Crippen LogP contribution >= 0.6 is 0 Å². The number of hydrogen-bond donors (Lipinski definition) is 0. The SMILES string of the molecule is CN(CC#N)C(=O)c1ccon1. The first kappa shape index (κ1) is 8.27. The first-order chi connectivity index (χ1) is 5.75. The Morgan fingerprint density at radius 2 is 2.67 bits per heavy atom. The lowest BCUT2D eigenvalue weighted by Gasteiger charge is -2.09. The quantitative estimate of drug-likeness (QED) is 0.590. The maximum atomic E-state index is 11.2. The number of carbonyl (C=O) groups is 1. The highest BCUT2D eigenvalue weighted by atomic mass is 16.5. The third kappa shape index (κ3) is 1.61. The van der Waals surface area contributed by atoms with Gasteiger partial charge in [0.15, 0.2) is 5.69 Å². The van der Waals surface area contributed by atoms with Crippen LogP contribution in [-0.4, -0.2) is 29.6 Å². The molecule has 0 aliphatic heterocycles. The number of rotatable bonds is 2. The van der Waals surface area contributed by atoms with Crippen molar-refractivity contribution in [1.82, 2.24) is 10.1 Å². The standard InChI is InChI=1S/C7H7N3O2/c1-10(4-3-8)7(11)6-2-5-12-9-6/h2,5H,4H2,1H3. The van der Waals surface area contributed by atoms with Crippen molar-refractivity contribution in [3.63, 3.8) is 0 Å². The highest BCUT2D eigenvalue weighted by Gasteiger charge is 2.13. The van der Waals surface area contributed by atoms with Gasteiger partial charge in [-0.2, -0.15) is 5.26 Å². The summed E-state index contributed by atoms with van der Waals surface area (Å²) in [7, 11) is 1.53. The van der Waals surface area contributed by atoms with E-state index in [1.807, 2.05) is 6.07 Å². The third-order valence-corrected chi connectivity index (χ3v) is 1.31. The van der Waals surface area contributed by atoms with Gasteiger partial charge >= 0.3 is 0 Å². The summed E-state index contributed by atoms with van der Waals surface area (Å²) in [6, 6.07) is 3.31. The first-order valence-electron chi connectivity index (χ1n) is 3.28. The molecular weight excluding hydrogens is 158 g/mol. The average molecular weight is 165 g/mol. The molecule has 62 valence electrons. The summed E-state index contributed by atoms with van der Waals surface area (Å²) in [6.45, 7) is 0.0473. The third-order valence-electron chi connectivity index (χ3n) is 1.31. The number of hydrogen-bond acceptors (Lipinski definition) is 4. The van der Waals surface area contributed by atoms with Gasteiger partial charge in [-0.15, -0.1) is 0 Å². The van der Waals surface area contributed by atoms with Crippen molar-refractivity contribution in [2.24, 2.45) is 0 Å². The van der Waals surface area contributed by atoms with Crippen molar-refractivity contribution < 1.29 is 9.32 Å². The largest absolute Gasteiger partial charge is 0.364 e. The number of nitrogens with zero attached hydrogens (tertiary/aromatic N) is 3. The molecule has 0 spiro atoms. The predicted octanol–water partition coefficient (Wildman–Crippen LogP) is 0.270. The first-order valence-corrected chi connectivity index (χ1v) is 3.28. The zero-order chi connectivity index (χ0) is 8.97. The van der Waals surface area contributed by atoms with E-state index in [2.05, 4.69) is 9.68 Å². The van der Waals surface area contributed by atoms with Crippen molar-refractivity contribution in [3.05, 3.63) is 18.0 Å². The zero-order valence-corrected chi connectivity index (χ0v) is 6.52. The van der Waals surface area contributed by atoms with Gasteiger partial charge in [0.25, 0.3) is 5.91 Å². The molecule has 0 saturated carbocycles. The summed E-state index contributed by atoms with van der Waals surface area (Å²) in [6.07, 6.45) is 1.31. The Labute approximate surface area is 69.2 Å². The Morgan fingerprint density at radius 1 is 1.92 bits per heavy atom. The van der Waals surface area contributed by atoms with Crippen LogP contribution in [0.1, 0.15) is 10.5 Å². The van der Waals surface area contributed by atoms with E-state index in [-0.39, 0.29) is 18.1 Å². The molecule has 0 aliphatic rings. The predicted molar refractivity (Wildman–Crippen MR) is 39.1 cm³/mol. The van der Waals surface area contributed by atoms with Crippen molar-refractivity contribution >= 4 is 5.91 Å². The lowest BCUT2D eigenvalue weighted by atomic mass is 10.4. The van der Waals surface area contributed by atoms with Crippen LogP contribution in [0.25, 0.3) is 0 Å². The van der Waals surface area contributed by atoms with Crippen molar-refractivity contribution in [3.8, 4) is 6.07 Å². The molecule has 5 heteroatoms. The van der Waals surface area contributed by atoms with Gasteiger partial charge in [-0.25, -0.2) is 0 Å². The summed E-state index contributed by atoms with van der Waals surface area (Å²) in [4.78, 5) is 12.5. The van der Waals surface area contributed by atoms with Crippen LogP contribution in [0.15, 0.2) is 16.9 Å². The summed E-state index contributed by atoms with van der Waals surface area (Å²) < 4.78 is 4.48. The molecule has 5 nitrogen and oxygen atoms in total. The van der Waals surface area contributed by atoms with Crippen LogP contribution in [0.4, 0.5) is 0 Å². The Bertz CT molecular complexity index is 299. The van der Waals surface area contributed by atoms with Gasteiger partial charge < -0.3 is 9.42 Å². The van der Waals surface area contributed by atoms with Gasteiger partial charge in [-0.1, -0.05) is 5.16 Å². The van der Waals surface area contributed by atoms with Crippen molar-refractivity contribution in [2.75, 3.05) is 13.6 Å². The average Bonchev–Trinajstić information content (AvgIpc) is 2.55. The Hall–Kier alpha value is -1.83. The van der Waals surface area contributed by atoms with E-state index >= 15 is 0 Å². The van der Waals surface area contributed by atoms with Gasteiger partial charge in [0, 0.05) is 13.1 Å². The molecule has 0 radical (unpaired) electrons. The van der Waals surface area contributed by atoms with E-state index in [1.165, 1.54) is 24.3 Å². The van der Waals surface area contributed by atoms with Crippen LogP contribution in [-0.2, 0) is 0 Å². The highest BCUT2D eigenvalue weighted by molar-refractivity contribution is 5.91. The fraction of sp³-hybridized carbons (Fsp3) is 0.286. The summed E-state index contributed by atoms with van der Waals surface area (Å²) in [5.41, 5.74) is 0.216. The van der Waals surface area contributed by atoms with Crippen LogP contribution in [0.2, 0.25) is 0 Å². The molecule has 0 N–H and O–H groups in total. The lowest BCUT2D eigenvalue weighted by molar-refractivity contribution is 0.0802. The minimum Gasteiger partial charge on any atom is -0.364 e. The molecule has 0 fully saturated rings. The van der Waals surface area contributed by atoms with E-state index in [0.29, 0.717) is 0 Å². The summed E-state index contributed by atoms with van der Waals surface area (Å²) in [5.74, 6) is -0.315. The minimum absolute atomic E-state index is 0.0473. The molecule has 1 heterocycles. The van der Waals surface area contributed by atoms with Gasteiger partial charge in [0.2, 0.25) is 0 Å². The van der Waals surface area contributed by atoms with E-state index in [9.17, 15) is 4.79 Å². The van der Waals surface area contributed by atoms with E-state index in [0.717, 1.165) is 0 Å². The van der Waals surface area contributed by atoms with Gasteiger partial charge in [0.05, 0.1) is 6.07 Å². The lowest BCUT2D eigenvalue weighted by Crippen LogP contribution is -2.27. The molecular formula is C7H7N3O2. The van der Waals surface area contributed by atoms with Crippen LogP contribution < -0.4 is 0 Å². The number of aromatic nitrogens is 1.